The number of thiophene rings is 1. The van der Waals surface area contributed by atoms with Crippen LogP contribution in [0.2, 0.25) is 0 Å². The van der Waals surface area contributed by atoms with Gasteiger partial charge in [0.2, 0.25) is 5.95 Å². The fourth-order valence-electron chi connectivity index (χ4n) is 7.18. The Bertz CT molecular complexity index is 4890. The summed E-state index contributed by atoms with van der Waals surface area (Å²) in [5, 5.41) is -0.238. The molecular formula is C51H31N5S. The van der Waals surface area contributed by atoms with Gasteiger partial charge in [-0.05, 0) is 59.5 Å². The summed E-state index contributed by atoms with van der Waals surface area (Å²) in [6.45, 7) is 0. The molecule has 0 bridgehead atoms. The molecule has 0 aliphatic carbocycles. The summed E-state index contributed by atoms with van der Waals surface area (Å²) in [5.74, 6) is -1.55. The van der Waals surface area contributed by atoms with Crippen molar-refractivity contribution in [3.05, 3.63) is 187 Å². The summed E-state index contributed by atoms with van der Waals surface area (Å²) in [6.07, 6.45) is 0. The fourth-order valence-corrected chi connectivity index (χ4v) is 8.39. The van der Waals surface area contributed by atoms with E-state index < -0.39 is 223 Å². The molecule has 0 N–H and O–H groups in total. The molecule has 12 aromatic rings. The van der Waals surface area contributed by atoms with Gasteiger partial charge in [-0.15, -0.1) is 11.3 Å². The number of fused-ring (bicyclic) bond motifs is 10. The van der Waals surface area contributed by atoms with Crippen molar-refractivity contribution in [3.63, 3.8) is 0 Å². The second kappa shape index (κ2) is 12.6. The minimum absolute atomic E-state index is 0.261. The first-order valence-corrected chi connectivity index (χ1v) is 18.0. The van der Waals surface area contributed by atoms with Crippen molar-refractivity contribution in [2.24, 2.45) is 0 Å². The average molecular weight is 770 g/mol. The van der Waals surface area contributed by atoms with Gasteiger partial charge >= 0.3 is 0 Å². The first-order valence-electron chi connectivity index (χ1n) is 29.2. The maximum atomic E-state index is 9.93. The Hall–Kier alpha value is -7.41. The smallest absolute Gasteiger partial charge is 0.238 e. The molecule has 57 heavy (non-hydrogen) atoms. The summed E-state index contributed by atoms with van der Waals surface area (Å²) in [5.41, 5.74) is -4.43. The molecule has 0 amide bonds. The number of para-hydroxylation sites is 3. The standard InChI is InChI=1S/C51H31N5S/c1-3-15-32(16-4-1)33-17-13-18-34(31-33)49-52-50(41-25-14-24-39-37-22-9-12-28-45(37)57-48(39)41)54-51(53-49)56-43-27-11-8-23-40(43)46-44(56)30-29-38-36-21-7-10-26-42(36)55(47(38)46)35-19-5-2-6-20-35/h1-31H/i1D,2D,3D,4D,5D,6D,7D,8D,10D,11D,13D,15D,16D,17D,18D,19D,20D,21D,23D,26D,27D,29D,30D,31D. The molecule has 8 aromatic carbocycles. The first-order chi connectivity index (χ1) is 38.3. The highest BCUT2D eigenvalue weighted by molar-refractivity contribution is 7.26. The quantitative estimate of drug-likeness (QED) is 0.175. The van der Waals surface area contributed by atoms with E-state index in [9.17, 15) is 13.7 Å². The van der Waals surface area contributed by atoms with Gasteiger partial charge in [-0.1, -0.05) is 139 Å². The van der Waals surface area contributed by atoms with Gasteiger partial charge in [0.05, 0.1) is 55.0 Å². The van der Waals surface area contributed by atoms with E-state index in [1.165, 1.54) is 11.3 Å². The van der Waals surface area contributed by atoms with Crippen LogP contribution in [0.4, 0.5) is 0 Å². The van der Waals surface area contributed by atoms with Crippen molar-refractivity contribution >= 4 is 75.1 Å². The van der Waals surface area contributed by atoms with Crippen LogP contribution in [0.25, 0.3) is 109 Å². The molecule has 0 saturated carbocycles. The second-order valence-corrected chi connectivity index (χ2v) is 13.7. The SMILES string of the molecule is [2H]c1c([2H])c([2H])c(-c2c([2H])c([2H])c([2H])c(-c3nc(-c4cccc5c4sc4ccccc45)nc(-n4c5c([2H])c([2H])c([2H])c([2H])c5c5c4c([2H])c([2H])c4c6c([2H])c([2H])c([2H])c([2H])c6n(-c6c([2H])c([2H])c([2H])c([2H])c6[2H])c45)n3)c2[2H])c([2H])c1[2H]. The highest BCUT2D eigenvalue weighted by atomic mass is 32.1. The van der Waals surface area contributed by atoms with E-state index in [0.717, 1.165) is 19.2 Å². The summed E-state index contributed by atoms with van der Waals surface area (Å²) in [7, 11) is 0. The van der Waals surface area contributed by atoms with Crippen LogP contribution in [0.5, 0.6) is 0 Å². The Morgan fingerprint density at radius 1 is 0.456 bits per heavy atom. The summed E-state index contributed by atoms with van der Waals surface area (Å²) < 4.78 is 220. The Kier molecular flexibility index (Phi) is 3.61. The molecule has 4 heterocycles. The van der Waals surface area contributed by atoms with Crippen LogP contribution >= 0.6 is 11.3 Å². The number of hydrogen-bond donors (Lipinski definition) is 0. The zero-order valence-electron chi connectivity index (χ0n) is 52.7. The molecule has 0 aliphatic heterocycles. The Morgan fingerprint density at radius 3 is 2.00 bits per heavy atom. The second-order valence-electron chi connectivity index (χ2n) is 12.6. The van der Waals surface area contributed by atoms with E-state index in [1.54, 1.807) is 12.1 Å². The van der Waals surface area contributed by atoms with E-state index in [-0.39, 0.29) is 11.4 Å². The molecule has 12 rings (SSSR count). The van der Waals surface area contributed by atoms with Crippen molar-refractivity contribution in [2.75, 3.05) is 0 Å². The molecular weight excluding hydrogens is 715 g/mol. The van der Waals surface area contributed by atoms with E-state index >= 15 is 0 Å². The molecule has 0 aliphatic rings. The zero-order chi connectivity index (χ0) is 58.3. The Balaban J connectivity index is 1.34. The van der Waals surface area contributed by atoms with Crippen molar-refractivity contribution in [1.82, 2.24) is 24.1 Å². The predicted octanol–water partition coefficient (Wildman–Crippen LogP) is 13.4. The summed E-state index contributed by atoms with van der Waals surface area (Å²) >= 11 is 1.32. The summed E-state index contributed by atoms with van der Waals surface area (Å²) in [4.78, 5) is 14.4. The van der Waals surface area contributed by atoms with Crippen molar-refractivity contribution < 1.29 is 32.9 Å². The zero-order valence-corrected chi connectivity index (χ0v) is 29.5. The third-order valence-electron chi connectivity index (χ3n) is 9.52. The van der Waals surface area contributed by atoms with Crippen LogP contribution in [0.1, 0.15) is 32.9 Å². The Labute approximate surface area is 365 Å². The molecule has 4 aromatic heterocycles. The molecule has 0 radical (unpaired) electrons. The van der Waals surface area contributed by atoms with Gasteiger partial charge in [-0.25, -0.2) is 4.98 Å². The average Bonchev–Trinajstić information content (AvgIpc) is 4.24. The monoisotopic (exact) mass is 769 g/mol. The van der Waals surface area contributed by atoms with E-state index in [0.29, 0.717) is 10.1 Å². The molecule has 0 fully saturated rings. The molecule has 266 valence electrons. The summed E-state index contributed by atoms with van der Waals surface area (Å²) in [6, 6.07) is -7.58. The van der Waals surface area contributed by atoms with E-state index in [4.69, 9.17) is 34.1 Å². The highest BCUT2D eigenvalue weighted by Gasteiger charge is 2.23. The van der Waals surface area contributed by atoms with Gasteiger partial charge in [0.25, 0.3) is 0 Å². The topological polar surface area (TPSA) is 48.5 Å². The molecule has 0 unspecified atom stereocenters. The lowest BCUT2D eigenvalue weighted by molar-refractivity contribution is 0.954. The van der Waals surface area contributed by atoms with Gasteiger partial charge in [-0.3, -0.25) is 4.57 Å². The van der Waals surface area contributed by atoms with E-state index in [1.807, 2.05) is 30.3 Å². The number of hydrogen-bond acceptors (Lipinski definition) is 4. The van der Waals surface area contributed by atoms with Crippen molar-refractivity contribution in [1.29, 1.82) is 0 Å². The third kappa shape index (κ3) is 4.91. The fraction of sp³-hybridized carbons (Fsp3) is 0. The van der Waals surface area contributed by atoms with Crippen LogP contribution in [0, 0.1) is 0 Å². The van der Waals surface area contributed by atoms with Crippen LogP contribution < -0.4 is 0 Å². The molecule has 0 atom stereocenters. The lowest BCUT2D eigenvalue weighted by atomic mass is 10.0. The minimum Gasteiger partial charge on any atom is -0.309 e. The van der Waals surface area contributed by atoms with Crippen LogP contribution in [0.15, 0.2) is 187 Å². The maximum Gasteiger partial charge on any atom is 0.238 e. The van der Waals surface area contributed by atoms with E-state index in [2.05, 4.69) is 0 Å². The van der Waals surface area contributed by atoms with Gasteiger partial charge in [-0.2, -0.15) is 9.97 Å². The lowest BCUT2D eigenvalue weighted by Crippen LogP contribution is -2.06. The Morgan fingerprint density at radius 2 is 1.14 bits per heavy atom. The highest BCUT2D eigenvalue weighted by Crippen LogP contribution is 2.43. The maximum absolute atomic E-state index is 9.93. The molecule has 6 heteroatoms. The minimum atomic E-state index is -0.895. The number of rotatable bonds is 5. The lowest BCUT2D eigenvalue weighted by Gasteiger charge is -2.12. The number of aromatic nitrogens is 5. The van der Waals surface area contributed by atoms with Gasteiger partial charge in [0, 0.05) is 58.5 Å². The molecule has 5 nitrogen and oxygen atoms in total. The van der Waals surface area contributed by atoms with Gasteiger partial charge in [0.15, 0.2) is 11.6 Å². The van der Waals surface area contributed by atoms with Crippen LogP contribution in [0.3, 0.4) is 0 Å². The number of nitrogens with zero attached hydrogens (tertiary/aromatic N) is 5. The predicted molar refractivity (Wildman–Crippen MR) is 238 cm³/mol. The number of benzene rings is 8. The van der Waals surface area contributed by atoms with Crippen LogP contribution in [-0.2, 0) is 0 Å². The van der Waals surface area contributed by atoms with Crippen LogP contribution in [-0.4, -0.2) is 24.1 Å². The third-order valence-corrected chi connectivity index (χ3v) is 10.7. The molecule has 0 spiro atoms. The van der Waals surface area contributed by atoms with Crippen molar-refractivity contribution in [3.8, 4) is 45.5 Å². The van der Waals surface area contributed by atoms with Crippen molar-refractivity contribution in [2.45, 2.75) is 0 Å². The molecule has 0 saturated heterocycles. The largest absolute Gasteiger partial charge is 0.309 e. The van der Waals surface area contributed by atoms with Gasteiger partial charge in [0.1, 0.15) is 0 Å². The van der Waals surface area contributed by atoms with Gasteiger partial charge < -0.3 is 4.57 Å². The normalized spacial score (nSPS) is 17.8. The first kappa shape index (κ1) is 16.4.